The first kappa shape index (κ1) is 8.63. The molecule has 0 aromatic carbocycles. The SMILES string of the molecule is CCC1=CC2=C(CC1)N(C)NN2C. The van der Waals surface area contributed by atoms with Crippen molar-refractivity contribution in [2.24, 2.45) is 0 Å². The van der Waals surface area contributed by atoms with Crippen LogP contribution in [0.2, 0.25) is 0 Å². The molecule has 1 aliphatic heterocycles. The molecular weight excluding hydrogens is 162 g/mol. The molecule has 0 amide bonds. The highest BCUT2D eigenvalue weighted by molar-refractivity contribution is 5.33. The average molecular weight is 179 g/mol. The maximum atomic E-state index is 3.25. The normalized spacial score (nSPS) is 22.2. The van der Waals surface area contributed by atoms with Gasteiger partial charge in [-0.1, -0.05) is 12.5 Å². The lowest BCUT2D eigenvalue weighted by Crippen LogP contribution is -2.36. The fourth-order valence-corrected chi connectivity index (χ4v) is 2.00. The second kappa shape index (κ2) is 3.07. The van der Waals surface area contributed by atoms with Crippen molar-refractivity contribution in [2.45, 2.75) is 26.2 Å². The van der Waals surface area contributed by atoms with Crippen molar-refractivity contribution in [1.82, 2.24) is 15.6 Å². The lowest BCUT2D eigenvalue weighted by molar-refractivity contribution is 0.175. The van der Waals surface area contributed by atoms with Crippen molar-refractivity contribution in [3.8, 4) is 0 Å². The van der Waals surface area contributed by atoms with E-state index in [9.17, 15) is 0 Å². The first-order valence-corrected chi connectivity index (χ1v) is 4.88. The van der Waals surface area contributed by atoms with Crippen molar-refractivity contribution >= 4 is 0 Å². The minimum absolute atomic E-state index is 1.17. The summed E-state index contributed by atoms with van der Waals surface area (Å²) in [7, 11) is 4.14. The van der Waals surface area contributed by atoms with Crippen LogP contribution in [-0.4, -0.2) is 24.1 Å². The topological polar surface area (TPSA) is 18.5 Å². The van der Waals surface area contributed by atoms with E-state index in [-0.39, 0.29) is 0 Å². The third kappa shape index (κ3) is 1.33. The van der Waals surface area contributed by atoms with Crippen LogP contribution in [0.5, 0.6) is 0 Å². The molecule has 1 N–H and O–H groups in total. The van der Waals surface area contributed by atoms with E-state index < -0.39 is 0 Å². The van der Waals surface area contributed by atoms with Crippen LogP contribution >= 0.6 is 0 Å². The minimum atomic E-state index is 1.17. The quantitative estimate of drug-likeness (QED) is 0.660. The van der Waals surface area contributed by atoms with E-state index in [1.54, 1.807) is 5.57 Å². The molecule has 1 aliphatic carbocycles. The van der Waals surface area contributed by atoms with Crippen LogP contribution in [0, 0.1) is 0 Å². The van der Waals surface area contributed by atoms with Crippen LogP contribution in [0.15, 0.2) is 23.0 Å². The monoisotopic (exact) mass is 179 g/mol. The lowest BCUT2D eigenvalue weighted by atomic mass is 9.98. The molecule has 0 saturated carbocycles. The van der Waals surface area contributed by atoms with Crippen molar-refractivity contribution in [1.29, 1.82) is 0 Å². The van der Waals surface area contributed by atoms with Crippen LogP contribution in [0.1, 0.15) is 26.2 Å². The molecule has 0 spiro atoms. The molecule has 3 nitrogen and oxygen atoms in total. The Morgan fingerprint density at radius 1 is 1.31 bits per heavy atom. The highest BCUT2D eigenvalue weighted by Crippen LogP contribution is 2.30. The lowest BCUT2D eigenvalue weighted by Gasteiger charge is -2.17. The number of hydrogen-bond acceptors (Lipinski definition) is 3. The first-order valence-electron chi connectivity index (χ1n) is 4.88. The van der Waals surface area contributed by atoms with E-state index in [2.05, 4.69) is 42.6 Å². The summed E-state index contributed by atoms with van der Waals surface area (Å²) in [5, 5.41) is 4.20. The zero-order valence-corrected chi connectivity index (χ0v) is 8.59. The van der Waals surface area contributed by atoms with Gasteiger partial charge >= 0.3 is 0 Å². The van der Waals surface area contributed by atoms with Gasteiger partial charge in [0.15, 0.2) is 0 Å². The third-order valence-corrected chi connectivity index (χ3v) is 2.84. The number of hydrazine groups is 2. The van der Waals surface area contributed by atoms with Crippen molar-refractivity contribution in [2.75, 3.05) is 14.1 Å². The smallest absolute Gasteiger partial charge is 0.0740 e. The van der Waals surface area contributed by atoms with Gasteiger partial charge in [0, 0.05) is 14.1 Å². The number of likely N-dealkylation sites (N-methyl/N-ethyl adjacent to an activating group) is 1. The molecule has 13 heavy (non-hydrogen) atoms. The van der Waals surface area contributed by atoms with Crippen LogP contribution in [-0.2, 0) is 0 Å². The van der Waals surface area contributed by atoms with Gasteiger partial charge in [0.1, 0.15) is 0 Å². The molecule has 0 bridgehead atoms. The summed E-state index contributed by atoms with van der Waals surface area (Å²) in [6.45, 7) is 2.23. The number of rotatable bonds is 1. The average Bonchev–Trinajstić information content (AvgIpc) is 2.42. The standard InChI is InChI=1S/C10H17N3/c1-4-8-5-6-9-10(7-8)13(3)11-12(9)2/h7,11H,4-6H2,1-3H3. The number of allylic oxidation sites excluding steroid dienone is 3. The largest absolute Gasteiger partial charge is 0.296 e. The summed E-state index contributed by atoms with van der Waals surface area (Å²) < 4.78 is 0. The van der Waals surface area contributed by atoms with E-state index in [1.807, 2.05) is 0 Å². The molecule has 2 aliphatic rings. The molecule has 0 aromatic rings. The molecule has 0 radical (unpaired) electrons. The Hall–Kier alpha value is -0.960. The van der Waals surface area contributed by atoms with Gasteiger partial charge in [-0.2, -0.15) is 0 Å². The molecular formula is C10H17N3. The van der Waals surface area contributed by atoms with E-state index in [0.717, 1.165) is 0 Å². The van der Waals surface area contributed by atoms with E-state index in [4.69, 9.17) is 0 Å². The second-order valence-electron chi connectivity index (χ2n) is 3.71. The summed E-state index contributed by atoms with van der Waals surface area (Å²) in [6.07, 6.45) is 5.88. The van der Waals surface area contributed by atoms with Gasteiger partial charge in [-0.15, -0.1) is 5.53 Å². The van der Waals surface area contributed by atoms with Gasteiger partial charge in [0.05, 0.1) is 11.4 Å². The Labute approximate surface area is 79.6 Å². The Kier molecular flexibility index (Phi) is 2.04. The predicted molar refractivity (Wildman–Crippen MR) is 53.3 cm³/mol. The summed E-state index contributed by atoms with van der Waals surface area (Å²) in [5.41, 5.74) is 7.56. The molecule has 0 aromatic heterocycles. The molecule has 72 valence electrons. The van der Waals surface area contributed by atoms with Crippen molar-refractivity contribution < 1.29 is 0 Å². The van der Waals surface area contributed by atoms with Crippen molar-refractivity contribution in [3.63, 3.8) is 0 Å². The van der Waals surface area contributed by atoms with E-state index in [1.165, 1.54) is 30.7 Å². The maximum absolute atomic E-state index is 3.25. The van der Waals surface area contributed by atoms with Crippen LogP contribution in [0.3, 0.4) is 0 Å². The summed E-state index contributed by atoms with van der Waals surface area (Å²) in [5.74, 6) is 0. The minimum Gasteiger partial charge on any atom is -0.296 e. The maximum Gasteiger partial charge on any atom is 0.0740 e. The molecule has 3 heteroatoms. The van der Waals surface area contributed by atoms with Gasteiger partial charge in [-0.3, -0.25) is 10.0 Å². The fraction of sp³-hybridized carbons (Fsp3) is 0.600. The summed E-state index contributed by atoms with van der Waals surface area (Å²) >= 11 is 0. The molecule has 0 unspecified atom stereocenters. The number of nitrogens with one attached hydrogen (secondary N) is 1. The van der Waals surface area contributed by atoms with Crippen LogP contribution < -0.4 is 5.53 Å². The number of nitrogens with zero attached hydrogens (tertiary/aromatic N) is 2. The zero-order chi connectivity index (χ0) is 9.42. The van der Waals surface area contributed by atoms with Gasteiger partial charge in [-0.05, 0) is 25.3 Å². The van der Waals surface area contributed by atoms with Crippen molar-refractivity contribution in [3.05, 3.63) is 23.0 Å². The highest BCUT2D eigenvalue weighted by Gasteiger charge is 2.24. The summed E-state index contributed by atoms with van der Waals surface area (Å²) in [4.78, 5) is 0. The highest BCUT2D eigenvalue weighted by atomic mass is 15.8. The molecule has 1 heterocycles. The Balaban J connectivity index is 2.30. The molecule has 0 atom stereocenters. The Bertz CT molecular complexity index is 278. The molecule has 2 rings (SSSR count). The summed E-state index contributed by atoms with van der Waals surface area (Å²) in [6, 6.07) is 0. The first-order chi connectivity index (χ1) is 6.22. The zero-order valence-electron chi connectivity index (χ0n) is 8.59. The third-order valence-electron chi connectivity index (χ3n) is 2.84. The number of hydrogen-bond donors (Lipinski definition) is 1. The van der Waals surface area contributed by atoms with E-state index >= 15 is 0 Å². The van der Waals surface area contributed by atoms with Gasteiger partial charge in [-0.25, -0.2) is 0 Å². The van der Waals surface area contributed by atoms with Gasteiger partial charge in [0.25, 0.3) is 0 Å². The Morgan fingerprint density at radius 3 is 2.77 bits per heavy atom. The van der Waals surface area contributed by atoms with E-state index in [0.29, 0.717) is 0 Å². The fourth-order valence-electron chi connectivity index (χ4n) is 2.00. The molecule has 0 saturated heterocycles. The second-order valence-corrected chi connectivity index (χ2v) is 3.71. The van der Waals surface area contributed by atoms with Crippen LogP contribution in [0.25, 0.3) is 0 Å². The predicted octanol–water partition coefficient (Wildman–Crippen LogP) is 1.62. The van der Waals surface area contributed by atoms with Crippen LogP contribution in [0.4, 0.5) is 0 Å². The van der Waals surface area contributed by atoms with Gasteiger partial charge in [0.2, 0.25) is 0 Å². The Morgan fingerprint density at radius 2 is 2.08 bits per heavy atom. The molecule has 0 fully saturated rings. The van der Waals surface area contributed by atoms with Gasteiger partial charge < -0.3 is 0 Å².